The molecule has 1 fully saturated rings. The van der Waals surface area contributed by atoms with Crippen LogP contribution in [0.3, 0.4) is 0 Å². The highest BCUT2D eigenvalue weighted by Gasteiger charge is 2.44. The standard InChI is InChI=1S/C57H91NO8/c1-3-5-7-9-11-13-15-17-18-19-20-21-22-23-24-25-26-27-28-29-30-31-32-33-34-35-37-39-41-43-45-47-53(61)58-50(49-65-57-56(64)55(63)54(62)52(48-59)66-57)51(60)46-44-42-40-38-36-16-14-12-10-8-6-4-2/h5,7,10-13,17-18,20-21,23-24,26-27,29-30,32-33,36,38,44,46,50-52,54-57,59-60,62-64H,3-4,6,8-9,14-16,19,22,25,28,31,34-35,37,39-43,45,47-49H2,1-2H3,(H,58,61)/b7-5-,12-10+,13-11-,18-17-,21-20-,24-23-,27-26-,30-29-,33-32-,38-36+,46-44+. The Morgan fingerprint density at radius 3 is 1.45 bits per heavy atom. The number of unbranched alkanes of at least 4 members (excludes halogenated alkanes) is 10. The molecular formula is C57H91NO8. The van der Waals surface area contributed by atoms with E-state index >= 15 is 0 Å². The Morgan fingerprint density at radius 2 is 0.955 bits per heavy atom. The molecular weight excluding hydrogens is 827 g/mol. The van der Waals surface area contributed by atoms with Gasteiger partial charge in [-0.1, -0.05) is 186 Å². The van der Waals surface area contributed by atoms with Gasteiger partial charge in [0.2, 0.25) is 5.91 Å². The van der Waals surface area contributed by atoms with E-state index in [0.29, 0.717) is 12.8 Å². The molecule has 1 heterocycles. The summed E-state index contributed by atoms with van der Waals surface area (Å²) in [4.78, 5) is 13.0. The zero-order valence-electron chi connectivity index (χ0n) is 40.9. The molecule has 0 aromatic carbocycles. The summed E-state index contributed by atoms with van der Waals surface area (Å²) < 4.78 is 11.2. The van der Waals surface area contributed by atoms with Gasteiger partial charge < -0.3 is 40.3 Å². The first-order chi connectivity index (χ1) is 32.3. The third kappa shape index (κ3) is 34.6. The van der Waals surface area contributed by atoms with Gasteiger partial charge in [-0.15, -0.1) is 0 Å². The lowest BCUT2D eigenvalue weighted by Gasteiger charge is -2.40. The van der Waals surface area contributed by atoms with Crippen molar-refractivity contribution in [1.29, 1.82) is 0 Å². The summed E-state index contributed by atoms with van der Waals surface area (Å²) in [6.45, 7) is 3.55. The molecule has 9 nitrogen and oxygen atoms in total. The Kier molecular flexibility index (Phi) is 41.3. The molecule has 0 radical (unpaired) electrons. The van der Waals surface area contributed by atoms with E-state index in [0.717, 1.165) is 122 Å². The van der Waals surface area contributed by atoms with E-state index < -0.39 is 49.5 Å². The molecule has 0 aromatic heterocycles. The number of aliphatic hydroxyl groups is 5. The van der Waals surface area contributed by atoms with E-state index in [9.17, 15) is 30.3 Å². The first-order valence-electron chi connectivity index (χ1n) is 25.4. The molecule has 0 bridgehead atoms. The molecule has 9 heteroatoms. The Bertz CT molecular complexity index is 1480. The highest BCUT2D eigenvalue weighted by atomic mass is 16.7. The van der Waals surface area contributed by atoms with Crippen LogP contribution in [0, 0.1) is 0 Å². The second kappa shape index (κ2) is 45.1. The van der Waals surface area contributed by atoms with Gasteiger partial charge in [0, 0.05) is 6.42 Å². The minimum Gasteiger partial charge on any atom is -0.394 e. The second-order valence-electron chi connectivity index (χ2n) is 16.9. The van der Waals surface area contributed by atoms with Gasteiger partial charge in [0.1, 0.15) is 24.4 Å². The minimum atomic E-state index is -1.58. The molecule has 1 amide bonds. The largest absolute Gasteiger partial charge is 0.394 e. The summed E-state index contributed by atoms with van der Waals surface area (Å²) in [5.41, 5.74) is 0. The maximum absolute atomic E-state index is 13.0. The van der Waals surface area contributed by atoms with Gasteiger partial charge in [0.15, 0.2) is 6.29 Å². The lowest BCUT2D eigenvalue weighted by Crippen LogP contribution is -2.60. The van der Waals surface area contributed by atoms with Gasteiger partial charge in [0.05, 0.1) is 25.4 Å². The average molecular weight is 918 g/mol. The van der Waals surface area contributed by atoms with E-state index in [1.807, 2.05) is 6.08 Å². The number of hydrogen-bond acceptors (Lipinski definition) is 8. The van der Waals surface area contributed by atoms with Crippen LogP contribution in [0.1, 0.15) is 162 Å². The molecule has 0 aliphatic carbocycles. The molecule has 1 aliphatic heterocycles. The Balaban J connectivity index is 2.27. The number of nitrogens with one attached hydrogen (secondary N) is 1. The van der Waals surface area contributed by atoms with Gasteiger partial charge in [-0.05, 0) is 103 Å². The highest BCUT2D eigenvalue weighted by Crippen LogP contribution is 2.22. The zero-order chi connectivity index (χ0) is 48.0. The summed E-state index contributed by atoms with van der Waals surface area (Å²) in [6, 6.07) is -0.845. The summed E-state index contributed by atoms with van der Waals surface area (Å²) in [6.07, 6.45) is 62.2. The van der Waals surface area contributed by atoms with Crippen LogP contribution < -0.4 is 5.32 Å². The lowest BCUT2D eigenvalue weighted by molar-refractivity contribution is -0.302. The van der Waals surface area contributed by atoms with Crippen molar-refractivity contribution < 1.29 is 39.8 Å². The quantitative estimate of drug-likeness (QED) is 0.0263. The number of aliphatic hydroxyl groups excluding tert-OH is 5. The minimum absolute atomic E-state index is 0.215. The van der Waals surface area contributed by atoms with Crippen molar-refractivity contribution in [3.05, 3.63) is 134 Å². The van der Waals surface area contributed by atoms with Gasteiger partial charge >= 0.3 is 0 Å². The first kappa shape index (κ1) is 60.3. The average Bonchev–Trinajstić information content (AvgIpc) is 3.32. The third-order valence-corrected chi connectivity index (χ3v) is 10.9. The van der Waals surface area contributed by atoms with Crippen LogP contribution in [-0.2, 0) is 14.3 Å². The molecule has 372 valence electrons. The fourth-order valence-corrected chi connectivity index (χ4v) is 6.89. The van der Waals surface area contributed by atoms with Crippen molar-refractivity contribution in [1.82, 2.24) is 5.32 Å². The van der Waals surface area contributed by atoms with Crippen molar-refractivity contribution >= 4 is 5.91 Å². The fourth-order valence-electron chi connectivity index (χ4n) is 6.89. The van der Waals surface area contributed by atoms with Crippen molar-refractivity contribution in [3.8, 4) is 0 Å². The zero-order valence-corrected chi connectivity index (χ0v) is 40.9. The van der Waals surface area contributed by atoms with Crippen LogP contribution in [0.4, 0.5) is 0 Å². The molecule has 7 unspecified atom stereocenters. The van der Waals surface area contributed by atoms with Gasteiger partial charge in [0.25, 0.3) is 0 Å². The van der Waals surface area contributed by atoms with Crippen molar-refractivity contribution in [2.45, 2.75) is 204 Å². The van der Waals surface area contributed by atoms with Crippen LogP contribution in [0.25, 0.3) is 0 Å². The van der Waals surface area contributed by atoms with Gasteiger partial charge in [-0.2, -0.15) is 0 Å². The molecule has 1 aliphatic rings. The Hall–Kier alpha value is -3.67. The van der Waals surface area contributed by atoms with Crippen LogP contribution in [0.5, 0.6) is 0 Å². The number of amides is 1. The maximum Gasteiger partial charge on any atom is 0.220 e. The van der Waals surface area contributed by atoms with E-state index in [4.69, 9.17) is 9.47 Å². The molecule has 7 atom stereocenters. The van der Waals surface area contributed by atoms with Gasteiger partial charge in [-0.3, -0.25) is 4.79 Å². The predicted octanol–water partition coefficient (Wildman–Crippen LogP) is 11.8. The number of rotatable bonds is 40. The van der Waals surface area contributed by atoms with Crippen LogP contribution >= 0.6 is 0 Å². The lowest BCUT2D eigenvalue weighted by atomic mass is 9.99. The molecule has 6 N–H and O–H groups in total. The summed E-state index contributed by atoms with van der Waals surface area (Å²) in [5.74, 6) is -0.215. The topological polar surface area (TPSA) is 149 Å². The number of ether oxygens (including phenoxy) is 2. The fraction of sp³-hybridized carbons (Fsp3) is 0.596. The number of hydrogen-bond donors (Lipinski definition) is 6. The molecule has 0 aromatic rings. The van der Waals surface area contributed by atoms with Crippen LogP contribution in [0.15, 0.2) is 134 Å². The van der Waals surface area contributed by atoms with Crippen molar-refractivity contribution in [2.24, 2.45) is 0 Å². The molecule has 0 spiro atoms. The number of allylic oxidation sites excluding steroid dienone is 21. The van der Waals surface area contributed by atoms with Crippen LogP contribution in [0.2, 0.25) is 0 Å². The predicted molar refractivity (Wildman–Crippen MR) is 276 cm³/mol. The molecule has 66 heavy (non-hydrogen) atoms. The first-order valence-corrected chi connectivity index (χ1v) is 25.4. The van der Waals surface area contributed by atoms with E-state index in [1.165, 1.54) is 12.8 Å². The normalized spacial score (nSPS) is 21.0. The summed E-state index contributed by atoms with van der Waals surface area (Å²) in [7, 11) is 0. The van der Waals surface area contributed by atoms with Crippen molar-refractivity contribution in [3.63, 3.8) is 0 Å². The Morgan fingerprint density at radius 1 is 0.530 bits per heavy atom. The smallest absolute Gasteiger partial charge is 0.220 e. The second-order valence-corrected chi connectivity index (χ2v) is 16.9. The van der Waals surface area contributed by atoms with Gasteiger partial charge in [-0.25, -0.2) is 0 Å². The number of carbonyl (C=O) groups excluding carboxylic acids is 1. The molecule has 1 rings (SSSR count). The Labute approximate surface area is 400 Å². The molecule has 1 saturated heterocycles. The van der Waals surface area contributed by atoms with Crippen molar-refractivity contribution in [2.75, 3.05) is 13.2 Å². The van der Waals surface area contributed by atoms with E-state index in [2.05, 4.69) is 141 Å². The summed E-state index contributed by atoms with van der Waals surface area (Å²) in [5, 5.41) is 54.2. The van der Waals surface area contributed by atoms with E-state index in [-0.39, 0.29) is 12.5 Å². The monoisotopic (exact) mass is 918 g/mol. The molecule has 0 saturated carbocycles. The maximum atomic E-state index is 13.0. The number of carbonyl (C=O) groups is 1. The van der Waals surface area contributed by atoms with E-state index in [1.54, 1.807) is 6.08 Å². The summed E-state index contributed by atoms with van der Waals surface area (Å²) >= 11 is 0. The van der Waals surface area contributed by atoms with Crippen LogP contribution in [-0.4, -0.2) is 87.5 Å². The SMILES string of the molecule is CC/C=C\C/C=C\C/C=C\C/C=C\C/C=C\C/C=C\C/C=C\C/C=C\CCCCCCCCC(=O)NC(COC1OC(CO)C(O)C(O)C1O)C(O)/C=C/CC/C=C/CC/C=C/CCCC. The highest BCUT2D eigenvalue weighted by molar-refractivity contribution is 5.76. The third-order valence-electron chi connectivity index (χ3n) is 10.9.